The van der Waals surface area contributed by atoms with Crippen molar-refractivity contribution in [3.05, 3.63) is 0 Å². The van der Waals surface area contributed by atoms with Crippen molar-refractivity contribution in [2.45, 2.75) is 64.0 Å². The molecule has 2 N–H and O–H groups in total. The minimum absolute atomic E-state index is 0. The van der Waals surface area contributed by atoms with Gasteiger partial charge < -0.3 is 10.4 Å². The molecule has 0 aromatic rings. The zero-order valence-corrected chi connectivity index (χ0v) is 8.96. The number of carbonyl (C=O) groups is 1. The van der Waals surface area contributed by atoms with Crippen LogP contribution in [0.15, 0.2) is 0 Å². The van der Waals surface area contributed by atoms with Crippen LogP contribution in [0.2, 0.25) is 0 Å². The van der Waals surface area contributed by atoms with Gasteiger partial charge in [-0.05, 0) is 19.8 Å². The summed E-state index contributed by atoms with van der Waals surface area (Å²) in [7, 11) is 0. The second-order valence-corrected chi connectivity index (χ2v) is 4.35. The van der Waals surface area contributed by atoms with Crippen LogP contribution in [0.25, 0.3) is 0 Å². The molecule has 1 aliphatic carbocycles. The molecule has 0 aliphatic heterocycles. The van der Waals surface area contributed by atoms with Gasteiger partial charge >= 0.3 is 35.5 Å². The van der Waals surface area contributed by atoms with Crippen molar-refractivity contribution in [2.75, 3.05) is 0 Å². The molecule has 0 radical (unpaired) electrons. The van der Waals surface area contributed by atoms with Gasteiger partial charge in [0.15, 0.2) is 0 Å². The molecular formula is C11H22NNaO2. The summed E-state index contributed by atoms with van der Waals surface area (Å²) < 4.78 is 0. The summed E-state index contributed by atoms with van der Waals surface area (Å²) in [5.41, 5.74) is 0. The van der Waals surface area contributed by atoms with Crippen molar-refractivity contribution < 1.29 is 9.90 Å². The van der Waals surface area contributed by atoms with Gasteiger partial charge in [-0.3, -0.25) is 4.79 Å². The third-order valence-corrected chi connectivity index (χ3v) is 2.86. The number of carboxylic acids is 1. The van der Waals surface area contributed by atoms with Gasteiger partial charge in [-0.2, -0.15) is 0 Å². The molecule has 3 nitrogen and oxygen atoms in total. The predicted molar refractivity (Wildman–Crippen MR) is 63.5 cm³/mol. The first-order chi connectivity index (χ1) is 6.68. The van der Waals surface area contributed by atoms with E-state index in [0.717, 1.165) is 0 Å². The SMILES string of the molecule is CC(CC(=O)O)NC1CCCCCC1.[NaH]. The first-order valence-corrected chi connectivity index (χ1v) is 5.66. The Bertz CT molecular complexity index is 179. The average Bonchev–Trinajstić information content (AvgIpc) is 2.31. The summed E-state index contributed by atoms with van der Waals surface area (Å²) in [4.78, 5) is 10.5. The fraction of sp³-hybridized carbons (Fsp3) is 0.909. The molecular weight excluding hydrogens is 201 g/mol. The zero-order chi connectivity index (χ0) is 10.4. The van der Waals surface area contributed by atoms with E-state index in [1.807, 2.05) is 6.92 Å². The van der Waals surface area contributed by atoms with E-state index in [0.29, 0.717) is 6.04 Å². The Morgan fingerprint density at radius 3 is 2.33 bits per heavy atom. The molecule has 1 rings (SSSR count). The van der Waals surface area contributed by atoms with Gasteiger partial charge in [-0.15, -0.1) is 0 Å². The van der Waals surface area contributed by atoms with Crippen molar-refractivity contribution >= 4 is 35.5 Å². The van der Waals surface area contributed by atoms with Gasteiger partial charge in [-0.1, -0.05) is 25.7 Å². The number of hydrogen-bond acceptors (Lipinski definition) is 2. The molecule has 1 saturated carbocycles. The molecule has 0 spiro atoms. The van der Waals surface area contributed by atoms with Crippen LogP contribution in [0.5, 0.6) is 0 Å². The molecule has 4 heteroatoms. The zero-order valence-electron chi connectivity index (χ0n) is 8.96. The van der Waals surface area contributed by atoms with Crippen molar-refractivity contribution in [2.24, 2.45) is 0 Å². The Hall–Kier alpha value is 0.430. The molecule has 0 aromatic heterocycles. The first kappa shape index (κ1) is 15.4. The van der Waals surface area contributed by atoms with Crippen LogP contribution in [0.3, 0.4) is 0 Å². The molecule has 1 atom stereocenters. The summed E-state index contributed by atoms with van der Waals surface area (Å²) in [5, 5.41) is 12.0. The molecule has 0 bridgehead atoms. The van der Waals surface area contributed by atoms with E-state index in [1.54, 1.807) is 0 Å². The maximum atomic E-state index is 10.5. The Labute approximate surface area is 114 Å². The first-order valence-electron chi connectivity index (χ1n) is 5.66. The summed E-state index contributed by atoms with van der Waals surface area (Å²) in [6.07, 6.45) is 7.91. The van der Waals surface area contributed by atoms with E-state index in [4.69, 9.17) is 5.11 Å². The monoisotopic (exact) mass is 223 g/mol. The van der Waals surface area contributed by atoms with E-state index in [-0.39, 0.29) is 42.0 Å². The minimum atomic E-state index is -0.710. The van der Waals surface area contributed by atoms with E-state index in [9.17, 15) is 4.79 Å². The average molecular weight is 223 g/mol. The van der Waals surface area contributed by atoms with Crippen LogP contribution in [0.1, 0.15) is 51.9 Å². The second kappa shape index (κ2) is 8.57. The van der Waals surface area contributed by atoms with Gasteiger partial charge in [-0.25, -0.2) is 0 Å². The Morgan fingerprint density at radius 1 is 1.33 bits per heavy atom. The molecule has 0 aromatic carbocycles. The van der Waals surface area contributed by atoms with Crippen molar-refractivity contribution in [3.8, 4) is 0 Å². The molecule has 0 saturated heterocycles. The third-order valence-electron chi connectivity index (χ3n) is 2.86. The van der Waals surface area contributed by atoms with Crippen molar-refractivity contribution in [3.63, 3.8) is 0 Å². The Morgan fingerprint density at radius 2 is 1.87 bits per heavy atom. The van der Waals surface area contributed by atoms with Crippen LogP contribution in [-0.2, 0) is 4.79 Å². The molecule has 0 amide bonds. The molecule has 1 fully saturated rings. The van der Waals surface area contributed by atoms with E-state index in [2.05, 4.69) is 5.32 Å². The van der Waals surface area contributed by atoms with E-state index < -0.39 is 5.97 Å². The number of nitrogens with one attached hydrogen (secondary N) is 1. The summed E-state index contributed by atoms with van der Waals surface area (Å²) in [5.74, 6) is -0.710. The topological polar surface area (TPSA) is 49.3 Å². The second-order valence-electron chi connectivity index (χ2n) is 4.35. The quantitative estimate of drug-likeness (QED) is 0.561. The molecule has 0 heterocycles. The van der Waals surface area contributed by atoms with Gasteiger partial charge in [0.1, 0.15) is 0 Å². The van der Waals surface area contributed by atoms with Crippen LogP contribution in [0.4, 0.5) is 0 Å². The predicted octanol–water partition coefficient (Wildman–Crippen LogP) is 1.51. The molecule has 1 unspecified atom stereocenters. The molecule has 84 valence electrons. The van der Waals surface area contributed by atoms with Gasteiger partial charge in [0.25, 0.3) is 0 Å². The Kier molecular flexibility index (Phi) is 8.81. The van der Waals surface area contributed by atoms with Crippen LogP contribution >= 0.6 is 0 Å². The van der Waals surface area contributed by atoms with Gasteiger partial charge in [0.05, 0.1) is 6.42 Å². The summed E-state index contributed by atoms with van der Waals surface area (Å²) in [6, 6.07) is 0.655. The molecule has 1 aliphatic rings. The van der Waals surface area contributed by atoms with Crippen LogP contribution in [0, 0.1) is 0 Å². The summed E-state index contributed by atoms with van der Waals surface area (Å²) >= 11 is 0. The van der Waals surface area contributed by atoms with Gasteiger partial charge in [0, 0.05) is 12.1 Å². The van der Waals surface area contributed by atoms with Gasteiger partial charge in [0.2, 0.25) is 0 Å². The number of hydrogen-bond donors (Lipinski definition) is 2. The van der Waals surface area contributed by atoms with Crippen molar-refractivity contribution in [1.29, 1.82) is 0 Å². The Balaban J connectivity index is 0.00000196. The van der Waals surface area contributed by atoms with E-state index in [1.165, 1.54) is 38.5 Å². The fourth-order valence-corrected chi connectivity index (χ4v) is 2.17. The summed E-state index contributed by atoms with van der Waals surface area (Å²) in [6.45, 7) is 1.96. The normalized spacial score (nSPS) is 20.1. The van der Waals surface area contributed by atoms with Crippen LogP contribution in [-0.4, -0.2) is 52.7 Å². The fourth-order valence-electron chi connectivity index (χ4n) is 2.17. The standard InChI is InChI=1S/C11H21NO2.Na.H/c1-9(8-11(13)14)12-10-6-4-2-3-5-7-10;;/h9-10,12H,2-8H2,1H3,(H,13,14);;. The third kappa shape index (κ3) is 7.34. The van der Waals surface area contributed by atoms with E-state index >= 15 is 0 Å². The number of aliphatic carboxylic acids is 1. The number of carboxylic acid groups (broad SMARTS) is 1. The molecule has 15 heavy (non-hydrogen) atoms. The maximum absolute atomic E-state index is 10.5. The number of rotatable bonds is 4. The van der Waals surface area contributed by atoms with Crippen molar-refractivity contribution in [1.82, 2.24) is 5.32 Å². The van der Waals surface area contributed by atoms with Crippen LogP contribution < -0.4 is 5.32 Å².